The van der Waals surface area contributed by atoms with Crippen molar-refractivity contribution in [2.45, 2.75) is 13.8 Å². The van der Waals surface area contributed by atoms with E-state index in [1.54, 1.807) is 29.2 Å². The standard InChI is InChI=1S/C20H18Cl2N2OS2/c1-3-23(4-2)13-8-10-14(11-9-13)24-19(25)18(27-20(24)26)12-15-16(21)6-5-7-17(15)22/h5-12H,3-4H2,1-2H3/b18-12-. The molecule has 0 aliphatic carbocycles. The van der Waals surface area contributed by atoms with Crippen LogP contribution < -0.4 is 9.80 Å². The lowest BCUT2D eigenvalue weighted by Crippen LogP contribution is -2.27. The number of rotatable bonds is 5. The summed E-state index contributed by atoms with van der Waals surface area (Å²) in [6, 6.07) is 13.1. The first-order valence-electron chi connectivity index (χ1n) is 8.53. The Bertz CT molecular complexity index is 888. The number of hydrogen-bond donors (Lipinski definition) is 0. The Kier molecular flexibility index (Phi) is 6.48. The molecule has 1 aliphatic heterocycles. The molecule has 0 spiro atoms. The van der Waals surface area contributed by atoms with E-state index < -0.39 is 0 Å². The van der Waals surface area contributed by atoms with Crippen LogP contribution in [-0.4, -0.2) is 23.3 Å². The second-order valence-corrected chi connectivity index (χ2v) is 8.33. The summed E-state index contributed by atoms with van der Waals surface area (Å²) >= 11 is 19.1. The predicted octanol–water partition coefficient (Wildman–Crippen LogP) is 6.25. The minimum atomic E-state index is -0.170. The summed E-state index contributed by atoms with van der Waals surface area (Å²) in [5.74, 6) is -0.170. The fourth-order valence-corrected chi connectivity index (χ4v) is 4.66. The number of carbonyl (C=O) groups is 1. The van der Waals surface area contributed by atoms with Gasteiger partial charge in [0.15, 0.2) is 4.32 Å². The lowest BCUT2D eigenvalue weighted by Gasteiger charge is -2.22. The molecule has 1 aliphatic rings. The van der Waals surface area contributed by atoms with E-state index in [1.807, 2.05) is 24.3 Å². The molecule has 1 heterocycles. The van der Waals surface area contributed by atoms with E-state index in [0.717, 1.165) is 24.5 Å². The third kappa shape index (κ3) is 4.16. The summed E-state index contributed by atoms with van der Waals surface area (Å²) in [7, 11) is 0. The fraction of sp³-hybridized carbons (Fsp3) is 0.200. The van der Waals surface area contributed by atoms with Crippen LogP contribution in [0.3, 0.4) is 0 Å². The molecular formula is C20H18Cl2N2OS2. The van der Waals surface area contributed by atoms with E-state index in [4.69, 9.17) is 35.4 Å². The number of thioether (sulfide) groups is 1. The van der Waals surface area contributed by atoms with Crippen molar-refractivity contribution in [2.24, 2.45) is 0 Å². The molecule has 1 saturated heterocycles. The van der Waals surface area contributed by atoms with Gasteiger partial charge in [0, 0.05) is 34.4 Å². The molecule has 0 radical (unpaired) electrons. The molecular weight excluding hydrogens is 419 g/mol. The molecule has 3 rings (SSSR count). The molecule has 7 heteroatoms. The third-order valence-electron chi connectivity index (χ3n) is 4.31. The van der Waals surface area contributed by atoms with Crippen molar-refractivity contribution < 1.29 is 4.79 Å². The van der Waals surface area contributed by atoms with Crippen LogP contribution in [-0.2, 0) is 4.79 Å². The molecule has 0 N–H and O–H groups in total. The quantitative estimate of drug-likeness (QED) is 0.408. The van der Waals surface area contributed by atoms with Gasteiger partial charge in [-0.3, -0.25) is 9.69 Å². The highest BCUT2D eigenvalue weighted by molar-refractivity contribution is 8.27. The number of carbonyl (C=O) groups excluding carboxylic acids is 1. The van der Waals surface area contributed by atoms with Gasteiger partial charge in [-0.1, -0.05) is 53.2 Å². The van der Waals surface area contributed by atoms with Gasteiger partial charge >= 0.3 is 0 Å². The Labute approximate surface area is 178 Å². The Hall–Kier alpha value is -1.53. The lowest BCUT2D eigenvalue weighted by atomic mass is 10.2. The largest absolute Gasteiger partial charge is 0.372 e. The maximum Gasteiger partial charge on any atom is 0.270 e. The molecule has 3 nitrogen and oxygen atoms in total. The summed E-state index contributed by atoms with van der Waals surface area (Å²) < 4.78 is 0.491. The van der Waals surface area contributed by atoms with Crippen LogP contribution in [0.5, 0.6) is 0 Å². The van der Waals surface area contributed by atoms with Crippen LogP contribution in [0.1, 0.15) is 19.4 Å². The minimum Gasteiger partial charge on any atom is -0.372 e. The minimum absolute atomic E-state index is 0.170. The number of anilines is 2. The Morgan fingerprint density at radius 3 is 2.22 bits per heavy atom. The van der Waals surface area contributed by atoms with Crippen molar-refractivity contribution >= 4 is 74.9 Å². The average molecular weight is 437 g/mol. The SMILES string of the molecule is CCN(CC)c1ccc(N2C(=O)/C(=C/c3c(Cl)cccc3Cl)SC2=S)cc1. The monoisotopic (exact) mass is 436 g/mol. The molecule has 0 unspecified atom stereocenters. The number of halogens is 2. The first-order valence-corrected chi connectivity index (χ1v) is 10.5. The van der Waals surface area contributed by atoms with Crippen molar-refractivity contribution in [1.29, 1.82) is 0 Å². The van der Waals surface area contributed by atoms with Gasteiger partial charge in [-0.05, 0) is 56.3 Å². The van der Waals surface area contributed by atoms with Gasteiger partial charge in [0.05, 0.1) is 10.6 Å². The summed E-state index contributed by atoms with van der Waals surface area (Å²) in [4.78, 5) is 17.2. The second-order valence-electron chi connectivity index (χ2n) is 5.84. The van der Waals surface area contributed by atoms with Gasteiger partial charge in [-0.15, -0.1) is 0 Å². The molecule has 0 saturated carbocycles. The second kappa shape index (κ2) is 8.65. The third-order valence-corrected chi connectivity index (χ3v) is 6.27. The number of benzene rings is 2. The normalized spacial score (nSPS) is 15.7. The first-order chi connectivity index (χ1) is 13.0. The zero-order valence-corrected chi connectivity index (χ0v) is 18.1. The Morgan fingerprint density at radius 2 is 1.67 bits per heavy atom. The van der Waals surface area contributed by atoms with Crippen molar-refractivity contribution in [3.63, 3.8) is 0 Å². The zero-order chi connectivity index (χ0) is 19.6. The molecule has 140 valence electrons. The van der Waals surface area contributed by atoms with Gasteiger partial charge < -0.3 is 4.90 Å². The van der Waals surface area contributed by atoms with Crippen molar-refractivity contribution in [2.75, 3.05) is 22.9 Å². The average Bonchev–Trinajstić information content (AvgIpc) is 2.93. The van der Waals surface area contributed by atoms with Crippen LogP contribution in [0.15, 0.2) is 47.4 Å². The highest BCUT2D eigenvalue weighted by atomic mass is 35.5. The number of amides is 1. The smallest absolute Gasteiger partial charge is 0.270 e. The van der Waals surface area contributed by atoms with E-state index in [-0.39, 0.29) is 5.91 Å². The summed E-state index contributed by atoms with van der Waals surface area (Å²) in [6.45, 7) is 6.09. The maximum absolute atomic E-state index is 12.9. The molecule has 27 heavy (non-hydrogen) atoms. The topological polar surface area (TPSA) is 23.6 Å². The van der Waals surface area contributed by atoms with E-state index in [1.165, 1.54) is 11.8 Å². The van der Waals surface area contributed by atoms with Crippen LogP contribution in [0.25, 0.3) is 6.08 Å². The molecule has 0 atom stereocenters. The highest BCUT2D eigenvalue weighted by Crippen LogP contribution is 2.38. The molecule has 1 amide bonds. The highest BCUT2D eigenvalue weighted by Gasteiger charge is 2.33. The van der Waals surface area contributed by atoms with Crippen molar-refractivity contribution in [1.82, 2.24) is 0 Å². The molecule has 2 aromatic rings. The van der Waals surface area contributed by atoms with Gasteiger partial charge in [0.2, 0.25) is 0 Å². The van der Waals surface area contributed by atoms with Gasteiger partial charge in [0.1, 0.15) is 0 Å². The van der Waals surface area contributed by atoms with E-state index in [9.17, 15) is 4.79 Å². The maximum atomic E-state index is 12.9. The summed E-state index contributed by atoms with van der Waals surface area (Å²) in [6.07, 6.45) is 1.70. The van der Waals surface area contributed by atoms with Crippen molar-refractivity contribution in [3.8, 4) is 0 Å². The van der Waals surface area contributed by atoms with Crippen LogP contribution in [0, 0.1) is 0 Å². The molecule has 0 bridgehead atoms. The lowest BCUT2D eigenvalue weighted by molar-refractivity contribution is -0.113. The first kappa shape index (κ1) is 20.2. The number of hydrogen-bond acceptors (Lipinski definition) is 4. The van der Waals surface area contributed by atoms with Crippen LogP contribution >= 0.6 is 47.2 Å². The predicted molar refractivity (Wildman–Crippen MR) is 122 cm³/mol. The number of thiocarbonyl (C=S) groups is 1. The number of nitrogens with zero attached hydrogens (tertiary/aromatic N) is 2. The molecule has 1 fully saturated rings. The Morgan fingerprint density at radius 1 is 1.07 bits per heavy atom. The van der Waals surface area contributed by atoms with E-state index in [2.05, 4.69) is 18.7 Å². The van der Waals surface area contributed by atoms with E-state index >= 15 is 0 Å². The summed E-state index contributed by atoms with van der Waals surface area (Å²) in [5.41, 5.74) is 2.49. The van der Waals surface area contributed by atoms with Gasteiger partial charge in [-0.2, -0.15) is 0 Å². The molecule has 0 aromatic heterocycles. The molecule has 2 aromatic carbocycles. The zero-order valence-electron chi connectivity index (χ0n) is 14.9. The van der Waals surface area contributed by atoms with Gasteiger partial charge in [-0.25, -0.2) is 0 Å². The van der Waals surface area contributed by atoms with Crippen LogP contribution in [0.2, 0.25) is 10.0 Å². The summed E-state index contributed by atoms with van der Waals surface area (Å²) in [5, 5.41) is 0.993. The van der Waals surface area contributed by atoms with E-state index in [0.29, 0.717) is 24.8 Å². The van der Waals surface area contributed by atoms with Gasteiger partial charge in [0.25, 0.3) is 5.91 Å². The van der Waals surface area contributed by atoms with Crippen LogP contribution in [0.4, 0.5) is 11.4 Å². The fourth-order valence-electron chi connectivity index (χ4n) is 2.87. The van der Waals surface area contributed by atoms with Crippen molar-refractivity contribution in [3.05, 3.63) is 63.0 Å². The Balaban J connectivity index is 1.89.